The molecule has 1 fully saturated rings. The van der Waals surface area contributed by atoms with Crippen molar-refractivity contribution in [2.24, 2.45) is 0 Å². The minimum absolute atomic E-state index is 0.139. The number of hydrogen-bond donors (Lipinski definition) is 2. The van der Waals surface area contributed by atoms with E-state index in [2.05, 4.69) is 25.8 Å². The lowest BCUT2D eigenvalue weighted by Crippen LogP contribution is -2.33. The maximum atomic E-state index is 12.0. The highest BCUT2D eigenvalue weighted by molar-refractivity contribution is 8.77. The first kappa shape index (κ1) is 19.6. The summed E-state index contributed by atoms with van der Waals surface area (Å²) in [7, 11) is 3.33. The molecule has 9 heteroatoms. The molecule has 2 rings (SSSR count). The number of aromatic nitrogens is 2. The summed E-state index contributed by atoms with van der Waals surface area (Å²) in [5, 5.41) is 9.49. The molecule has 0 amide bonds. The van der Waals surface area contributed by atoms with Gasteiger partial charge >= 0.3 is 5.69 Å². The summed E-state index contributed by atoms with van der Waals surface area (Å²) in [6.07, 6.45) is 0.571. The zero-order valence-electron chi connectivity index (χ0n) is 14.3. The SMILES string of the molecule is Cc1cn(C2C[C@@H](OCSSC(C)(C)C)[C@@H](CO)O2)c(=O)[nH]c1=O. The monoisotopic (exact) mass is 376 g/mol. The van der Waals surface area contributed by atoms with Gasteiger partial charge in [-0.3, -0.25) is 14.3 Å². The van der Waals surface area contributed by atoms with E-state index < -0.39 is 23.6 Å². The number of rotatable bonds is 6. The van der Waals surface area contributed by atoms with Crippen molar-refractivity contribution in [1.82, 2.24) is 9.55 Å². The van der Waals surface area contributed by atoms with Crippen LogP contribution in [0, 0.1) is 6.92 Å². The minimum Gasteiger partial charge on any atom is -0.394 e. The Kier molecular flexibility index (Phi) is 6.60. The molecule has 0 bridgehead atoms. The quantitative estimate of drug-likeness (QED) is 0.443. The topological polar surface area (TPSA) is 93.6 Å². The number of H-pyrrole nitrogens is 1. The van der Waals surface area contributed by atoms with Crippen molar-refractivity contribution in [2.75, 3.05) is 12.5 Å². The van der Waals surface area contributed by atoms with Crippen molar-refractivity contribution in [3.05, 3.63) is 32.6 Å². The van der Waals surface area contributed by atoms with Crippen LogP contribution in [0.4, 0.5) is 0 Å². The van der Waals surface area contributed by atoms with Gasteiger partial charge in [0.25, 0.3) is 5.56 Å². The average Bonchev–Trinajstić information content (AvgIpc) is 2.89. The minimum atomic E-state index is -0.560. The van der Waals surface area contributed by atoms with E-state index in [4.69, 9.17) is 9.47 Å². The molecular formula is C15H24N2O5S2. The molecule has 3 atom stereocenters. The third-order valence-corrected chi connectivity index (χ3v) is 6.45. The Morgan fingerprint density at radius 1 is 1.46 bits per heavy atom. The van der Waals surface area contributed by atoms with Gasteiger partial charge in [-0.15, -0.1) is 0 Å². The largest absolute Gasteiger partial charge is 0.394 e. The van der Waals surface area contributed by atoms with Gasteiger partial charge in [0, 0.05) is 22.9 Å². The summed E-state index contributed by atoms with van der Waals surface area (Å²) in [5.74, 6) is 0.471. The highest BCUT2D eigenvalue weighted by Gasteiger charge is 2.37. The van der Waals surface area contributed by atoms with Crippen LogP contribution in [0.5, 0.6) is 0 Å². The third kappa shape index (κ3) is 5.13. The Hall–Kier alpha value is -0.740. The van der Waals surface area contributed by atoms with Crippen LogP contribution in [0.2, 0.25) is 0 Å². The molecule has 0 radical (unpaired) electrons. The van der Waals surface area contributed by atoms with Crippen LogP contribution in [-0.2, 0) is 9.47 Å². The summed E-state index contributed by atoms with van der Waals surface area (Å²) >= 11 is 0. The molecule has 0 aromatic carbocycles. The molecular weight excluding hydrogens is 352 g/mol. The molecule has 7 nitrogen and oxygen atoms in total. The van der Waals surface area contributed by atoms with E-state index in [0.717, 1.165) is 0 Å². The standard InChI is InChI=1S/C15H24N2O5S2/c1-9-6-17(14(20)16-13(9)19)12-5-10(11(7-18)22-12)21-8-23-24-15(2,3)4/h6,10-12,18H,5,7-8H2,1-4H3,(H,16,19,20)/t10-,11-,12?/m1/s1. The first-order valence-corrected chi connectivity index (χ1v) is 10.0. The summed E-state index contributed by atoms with van der Waals surface area (Å²) in [5.41, 5.74) is -0.498. The molecule has 0 aliphatic carbocycles. The number of aliphatic hydroxyl groups excluding tert-OH is 1. The molecule has 2 N–H and O–H groups in total. The molecule has 24 heavy (non-hydrogen) atoms. The molecule has 1 unspecified atom stereocenters. The lowest BCUT2D eigenvalue weighted by Gasteiger charge is -2.19. The number of nitrogens with zero attached hydrogens (tertiary/aromatic N) is 1. The predicted molar refractivity (Wildman–Crippen MR) is 96.3 cm³/mol. The van der Waals surface area contributed by atoms with E-state index in [1.54, 1.807) is 28.5 Å². The van der Waals surface area contributed by atoms with E-state index in [9.17, 15) is 14.7 Å². The maximum absolute atomic E-state index is 12.0. The highest BCUT2D eigenvalue weighted by Crippen LogP contribution is 2.36. The fraction of sp³-hybridized carbons (Fsp3) is 0.733. The van der Waals surface area contributed by atoms with Crippen LogP contribution in [0.3, 0.4) is 0 Å². The van der Waals surface area contributed by atoms with E-state index in [0.29, 0.717) is 17.9 Å². The Morgan fingerprint density at radius 3 is 2.79 bits per heavy atom. The normalized spacial score (nSPS) is 24.5. The molecule has 1 aliphatic heterocycles. The zero-order chi connectivity index (χ0) is 17.9. The molecule has 1 aromatic heterocycles. The second-order valence-corrected chi connectivity index (χ2v) is 9.73. The molecule has 1 saturated heterocycles. The van der Waals surface area contributed by atoms with Gasteiger partial charge in [-0.2, -0.15) is 0 Å². The van der Waals surface area contributed by atoms with Crippen LogP contribution in [0.15, 0.2) is 15.8 Å². The van der Waals surface area contributed by atoms with E-state index in [-0.39, 0.29) is 17.5 Å². The third-order valence-electron chi connectivity index (χ3n) is 3.46. The Morgan fingerprint density at radius 2 is 2.17 bits per heavy atom. The first-order chi connectivity index (χ1) is 11.2. The van der Waals surface area contributed by atoms with Crippen molar-refractivity contribution in [2.45, 2.75) is 57.3 Å². The second kappa shape index (κ2) is 8.09. The summed E-state index contributed by atoms with van der Waals surface area (Å²) < 4.78 is 13.0. The van der Waals surface area contributed by atoms with Gasteiger partial charge in [0.05, 0.1) is 12.7 Å². The van der Waals surface area contributed by atoms with Crippen LogP contribution < -0.4 is 11.2 Å². The number of aliphatic hydroxyl groups is 1. The first-order valence-electron chi connectivity index (χ1n) is 7.72. The van der Waals surface area contributed by atoms with Gasteiger partial charge in [0.1, 0.15) is 18.3 Å². The maximum Gasteiger partial charge on any atom is 0.330 e. The molecule has 1 aromatic rings. The average molecular weight is 377 g/mol. The molecule has 136 valence electrons. The van der Waals surface area contributed by atoms with Crippen LogP contribution in [-0.4, -0.2) is 44.2 Å². The van der Waals surface area contributed by atoms with E-state index in [1.165, 1.54) is 10.8 Å². The van der Waals surface area contributed by atoms with E-state index in [1.807, 2.05) is 0 Å². The second-order valence-electron chi connectivity index (χ2n) is 6.66. The zero-order valence-corrected chi connectivity index (χ0v) is 15.9. The smallest absolute Gasteiger partial charge is 0.330 e. The van der Waals surface area contributed by atoms with Crippen molar-refractivity contribution in [1.29, 1.82) is 0 Å². The van der Waals surface area contributed by atoms with Crippen molar-refractivity contribution in [3.8, 4) is 0 Å². The lowest BCUT2D eigenvalue weighted by molar-refractivity contribution is -0.0554. The van der Waals surface area contributed by atoms with Gasteiger partial charge in [0.15, 0.2) is 0 Å². The molecule has 1 aliphatic rings. The Balaban J connectivity index is 2.00. The lowest BCUT2D eigenvalue weighted by atomic mass is 10.2. The number of hydrogen-bond acceptors (Lipinski definition) is 7. The van der Waals surface area contributed by atoms with Crippen LogP contribution in [0.25, 0.3) is 0 Å². The number of nitrogens with one attached hydrogen (secondary N) is 1. The Bertz CT molecular complexity index is 667. The molecule has 0 spiro atoms. The molecule has 0 saturated carbocycles. The summed E-state index contributed by atoms with van der Waals surface area (Å²) in [6, 6.07) is 0. The number of aromatic amines is 1. The van der Waals surface area contributed by atoms with Gasteiger partial charge in [-0.25, -0.2) is 4.79 Å². The number of aryl methyl sites for hydroxylation is 1. The van der Waals surface area contributed by atoms with Crippen LogP contribution >= 0.6 is 21.6 Å². The Labute approximate surface area is 148 Å². The van der Waals surface area contributed by atoms with Crippen molar-refractivity contribution < 1.29 is 14.6 Å². The van der Waals surface area contributed by atoms with Gasteiger partial charge in [0.2, 0.25) is 0 Å². The number of ether oxygens (including phenoxy) is 2. The van der Waals surface area contributed by atoms with E-state index >= 15 is 0 Å². The fourth-order valence-electron chi connectivity index (χ4n) is 2.33. The summed E-state index contributed by atoms with van der Waals surface area (Å²) in [4.78, 5) is 25.7. The van der Waals surface area contributed by atoms with Gasteiger partial charge in [-0.05, 0) is 6.92 Å². The molecule has 2 heterocycles. The fourth-order valence-corrected chi connectivity index (χ4v) is 4.33. The highest BCUT2D eigenvalue weighted by atomic mass is 33.1. The van der Waals surface area contributed by atoms with Gasteiger partial charge in [-0.1, -0.05) is 42.4 Å². The predicted octanol–water partition coefficient (Wildman–Crippen LogP) is 1.65. The van der Waals surface area contributed by atoms with Crippen LogP contribution in [0.1, 0.15) is 39.0 Å². The van der Waals surface area contributed by atoms with Crippen molar-refractivity contribution >= 4 is 21.6 Å². The van der Waals surface area contributed by atoms with Gasteiger partial charge < -0.3 is 14.6 Å². The summed E-state index contributed by atoms with van der Waals surface area (Å²) in [6.45, 7) is 7.82. The van der Waals surface area contributed by atoms with Crippen molar-refractivity contribution in [3.63, 3.8) is 0 Å².